The number of hydrogen-bond donors (Lipinski definition) is 1. The zero-order chi connectivity index (χ0) is 15.6. The van der Waals surface area contributed by atoms with Crippen LogP contribution < -0.4 is 5.73 Å². The molecule has 0 aliphatic heterocycles. The largest absolute Gasteiger partial charge is 0.399 e. The van der Waals surface area contributed by atoms with Crippen molar-refractivity contribution in [3.63, 3.8) is 0 Å². The Bertz CT molecular complexity index is 658. The first-order valence-corrected chi connectivity index (χ1v) is 6.85. The summed E-state index contributed by atoms with van der Waals surface area (Å²) in [4.78, 5) is 13.9. The van der Waals surface area contributed by atoms with Crippen LogP contribution in [0.15, 0.2) is 42.5 Å². The molecule has 0 aliphatic carbocycles. The van der Waals surface area contributed by atoms with Gasteiger partial charge in [-0.15, -0.1) is 0 Å². The lowest BCUT2D eigenvalue weighted by atomic mass is 10.1. The standard InChI is InChI=1S/C16H16ClFN2O/c1-10(11-3-5-12(17)6-4-11)20(2)16(21)14-9-13(19)7-8-15(14)18/h3-10H,19H2,1-2H3. The van der Waals surface area contributed by atoms with Gasteiger partial charge in [0.15, 0.2) is 0 Å². The van der Waals surface area contributed by atoms with E-state index in [0.29, 0.717) is 10.7 Å². The first-order valence-electron chi connectivity index (χ1n) is 6.48. The zero-order valence-electron chi connectivity index (χ0n) is 11.8. The SMILES string of the molecule is CC(c1ccc(Cl)cc1)N(C)C(=O)c1cc(N)ccc1F. The first kappa shape index (κ1) is 15.3. The highest BCUT2D eigenvalue weighted by Crippen LogP contribution is 2.23. The smallest absolute Gasteiger partial charge is 0.257 e. The van der Waals surface area contributed by atoms with E-state index in [4.69, 9.17) is 17.3 Å². The molecule has 0 aromatic heterocycles. The van der Waals surface area contributed by atoms with E-state index in [-0.39, 0.29) is 11.6 Å². The van der Waals surface area contributed by atoms with Crippen LogP contribution in [-0.4, -0.2) is 17.9 Å². The molecule has 21 heavy (non-hydrogen) atoms. The molecule has 2 rings (SSSR count). The van der Waals surface area contributed by atoms with E-state index >= 15 is 0 Å². The number of amides is 1. The number of nitrogens with zero attached hydrogens (tertiary/aromatic N) is 1. The normalized spacial score (nSPS) is 12.0. The Labute approximate surface area is 128 Å². The van der Waals surface area contributed by atoms with Crippen molar-refractivity contribution in [3.05, 3.63) is 64.4 Å². The third-order valence-corrected chi connectivity index (χ3v) is 3.73. The quantitative estimate of drug-likeness (QED) is 0.874. The van der Waals surface area contributed by atoms with Crippen molar-refractivity contribution >= 4 is 23.2 Å². The van der Waals surface area contributed by atoms with Crippen molar-refractivity contribution in [3.8, 4) is 0 Å². The molecule has 0 radical (unpaired) electrons. The molecule has 0 heterocycles. The van der Waals surface area contributed by atoms with Crippen LogP contribution in [0.3, 0.4) is 0 Å². The van der Waals surface area contributed by atoms with Gasteiger partial charge in [0.05, 0.1) is 11.6 Å². The van der Waals surface area contributed by atoms with Gasteiger partial charge in [-0.25, -0.2) is 4.39 Å². The van der Waals surface area contributed by atoms with Crippen molar-refractivity contribution in [2.45, 2.75) is 13.0 Å². The fourth-order valence-corrected chi connectivity index (χ4v) is 2.16. The Kier molecular flexibility index (Phi) is 4.48. The minimum atomic E-state index is -0.579. The summed E-state index contributed by atoms with van der Waals surface area (Å²) in [7, 11) is 1.63. The molecule has 0 bridgehead atoms. The molecule has 2 aromatic carbocycles. The van der Waals surface area contributed by atoms with Gasteiger partial charge < -0.3 is 10.6 Å². The molecule has 0 fully saturated rings. The predicted octanol–water partition coefficient (Wildman–Crippen LogP) is 3.89. The topological polar surface area (TPSA) is 46.3 Å². The Morgan fingerprint density at radius 1 is 1.24 bits per heavy atom. The van der Waals surface area contributed by atoms with Crippen LogP contribution in [-0.2, 0) is 0 Å². The van der Waals surface area contributed by atoms with Gasteiger partial charge in [-0.2, -0.15) is 0 Å². The van der Waals surface area contributed by atoms with Crippen molar-refractivity contribution in [1.29, 1.82) is 0 Å². The Morgan fingerprint density at radius 2 is 1.86 bits per heavy atom. The fraction of sp³-hybridized carbons (Fsp3) is 0.188. The predicted molar refractivity (Wildman–Crippen MR) is 82.8 cm³/mol. The molecule has 1 atom stereocenters. The maximum atomic E-state index is 13.8. The van der Waals surface area contributed by atoms with Crippen molar-refractivity contribution in [2.75, 3.05) is 12.8 Å². The Balaban J connectivity index is 2.26. The van der Waals surface area contributed by atoms with Crippen LogP contribution in [0.4, 0.5) is 10.1 Å². The van der Waals surface area contributed by atoms with E-state index < -0.39 is 11.7 Å². The molecular formula is C16H16ClFN2O. The number of anilines is 1. The summed E-state index contributed by atoms with van der Waals surface area (Å²) < 4.78 is 13.8. The van der Waals surface area contributed by atoms with E-state index in [0.717, 1.165) is 5.56 Å². The maximum absolute atomic E-state index is 13.8. The summed E-state index contributed by atoms with van der Waals surface area (Å²) in [5.74, 6) is -0.994. The van der Waals surface area contributed by atoms with Crippen molar-refractivity contribution in [1.82, 2.24) is 4.90 Å². The highest BCUT2D eigenvalue weighted by atomic mass is 35.5. The molecule has 1 unspecified atom stereocenters. The summed E-state index contributed by atoms with van der Waals surface area (Å²) in [6.07, 6.45) is 0. The number of benzene rings is 2. The van der Waals surface area contributed by atoms with Crippen LogP contribution >= 0.6 is 11.6 Å². The van der Waals surface area contributed by atoms with Gasteiger partial charge in [0, 0.05) is 17.8 Å². The van der Waals surface area contributed by atoms with Crippen molar-refractivity contribution in [2.24, 2.45) is 0 Å². The molecule has 0 spiro atoms. The Hall–Kier alpha value is -2.07. The van der Waals surface area contributed by atoms with E-state index in [2.05, 4.69) is 0 Å². The van der Waals surface area contributed by atoms with Crippen LogP contribution in [0.5, 0.6) is 0 Å². The minimum absolute atomic E-state index is 0.0293. The average molecular weight is 307 g/mol. The third-order valence-electron chi connectivity index (χ3n) is 3.47. The number of carbonyl (C=O) groups excluding carboxylic acids is 1. The minimum Gasteiger partial charge on any atom is -0.399 e. The van der Waals surface area contributed by atoms with Gasteiger partial charge in [-0.05, 0) is 42.8 Å². The van der Waals surface area contributed by atoms with E-state index in [1.807, 2.05) is 19.1 Å². The molecule has 110 valence electrons. The lowest BCUT2D eigenvalue weighted by Gasteiger charge is -2.25. The number of rotatable bonds is 3. The van der Waals surface area contributed by atoms with Gasteiger partial charge in [0.1, 0.15) is 5.82 Å². The molecule has 1 amide bonds. The molecule has 0 saturated heterocycles. The average Bonchev–Trinajstić information content (AvgIpc) is 2.48. The van der Waals surface area contributed by atoms with Gasteiger partial charge in [-0.1, -0.05) is 23.7 Å². The van der Waals surface area contributed by atoms with Gasteiger partial charge in [-0.3, -0.25) is 4.79 Å². The number of hydrogen-bond acceptors (Lipinski definition) is 2. The second kappa shape index (κ2) is 6.14. The molecule has 0 saturated carbocycles. The second-order valence-corrected chi connectivity index (χ2v) is 5.32. The van der Waals surface area contributed by atoms with Gasteiger partial charge >= 0.3 is 0 Å². The summed E-state index contributed by atoms with van der Waals surface area (Å²) in [6.45, 7) is 1.87. The van der Waals surface area contributed by atoms with Crippen LogP contribution in [0, 0.1) is 5.82 Å². The molecule has 3 nitrogen and oxygen atoms in total. The lowest BCUT2D eigenvalue weighted by molar-refractivity contribution is 0.0738. The maximum Gasteiger partial charge on any atom is 0.257 e. The summed E-state index contributed by atoms with van der Waals surface area (Å²) >= 11 is 5.85. The summed E-state index contributed by atoms with van der Waals surface area (Å²) in [5.41, 5.74) is 6.86. The lowest BCUT2D eigenvalue weighted by Crippen LogP contribution is -2.30. The number of nitrogen functional groups attached to an aromatic ring is 1. The highest BCUT2D eigenvalue weighted by molar-refractivity contribution is 6.30. The van der Waals surface area contributed by atoms with Crippen molar-refractivity contribution < 1.29 is 9.18 Å². The molecule has 2 N–H and O–H groups in total. The number of halogens is 2. The van der Waals surface area contributed by atoms with Gasteiger partial charge in [0.25, 0.3) is 5.91 Å². The summed E-state index contributed by atoms with van der Waals surface area (Å²) in [6, 6.07) is 11.0. The highest BCUT2D eigenvalue weighted by Gasteiger charge is 2.21. The number of carbonyl (C=O) groups is 1. The first-order chi connectivity index (χ1) is 9.90. The monoisotopic (exact) mass is 306 g/mol. The molecule has 0 aliphatic rings. The number of nitrogens with two attached hydrogens (primary N) is 1. The molecular weight excluding hydrogens is 291 g/mol. The Morgan fingerprint density at radius 3 is 2.48 bits per heavy atom. The van der Waals surface area contributed by atoms with E-state index in [9.17, 15) is 9.18 Å². The van der Waals surface area contributed by atoms with Crippen LogP contribution in [0.2, 0.25) is 5.02 Å². The van der Waals surface area contributed by atoms with Gasteiger partial charge in [0.2, 0.25) is 0 Å². The third kappa shape index (κ3) is 3.34. The van der Waals surface area contributed by atoms with E-state index in [1.165, 1.54) is 23.1 Å². The molecule has 2 aromatic rings. The zero-order valence-corrected chi connectivity index (χ0v) is 12.6. The van der Waals surface area contributed by atoms with E-state index in [1.54, 1.807) is 19.2 Å². The summed E-state index contributed by atoms with van der Waals surface area (Å²) in [5, 5.41) is 0.627. The van der Waals surface area contributed by atoms with Crippen LogP contribution in [0.1, 0.15) is 28.9 Å². The molecule has 5 heteroatoms. The second-order valence-electron chi connectivity index (χ2n) is 4.88. The fourth-order valence-electron chi connectivity index (χ4n) is 2.04. The van der Waals surface area contributed by atoms with Crippen LogP contribution in [0.25, 0.3) is 0 Å².